The molecule has 0 aliphatic heterocycles. The van der Waals surface area contributed by atoms with E-state index in [0.717, 1.165) is 0 Å². The fourth-order valence-corrected chi connectivity index (χ4v) is 3.49. The normalized spacial score (nSPS) is 11.8. The molecule has 0 heterocycles. The maximum Gasteiger partial charge on any atom is 0.261 e. The number of halogens is 3. The minimum atomic E-state index is -0.666. The molecule has 8 heteroatoms. The summed E-state index contributed by atoms with van der Waals surface area (Å²) in [6.07, 6.45) is 0.441. The molecule has 1 N–H and O–H groups in total. The van der Waals surface area contributed by atoms with Gasteiger partial charge in [-0.2, -0.15) is 0 Å². The highest BCUT2D eigenvalue weighted by molar-refractivity contribution is 6.35. The minimum Gasteiger partial charge on any atom is -0.484 e. The van der Waals surface area contributed by atoms with Gasteiger partial charge < -0.3 is 15.0 Å². The Hall–Kier alpha value is -1.95. The van der Waals surface area contributed by atoms with Crippen molar-refractivity contribution in [1.29, 1.82) is 0 Å². The van der Waals surface area contributed by atoms with Gasteiger partial charge in [0.15, 0.2) is 6.61 Å². The van der Waals surface area contributed by atoms with Crippen molar-refractivity contribution in [3.8, 4) is 5.75 Å². The van der Waals surface area contributed by atoms with Gasteiger partial charge in [0.1, 0.15) is 11.8 Å². The number of benzene rings is 2. The standard InChI is InChI=1S/C22H25Cl3N2O3/c1-4-20(22(29)26-14(2)3)27(12-15-5-6-17(24)11-19(15)25)21(28)13-30-18-9-7-16(23)8-10-18/h5-11,14,20H,4,12-13H2,1-3H3,(H,26,29)/t20-/m1/s1. The van der Waals surface area contributed by atoms with Gasteiger partial charge in [-0.1, -0.05) is 47.8 Å². The Labute approximate surface area is 192 Å². The van der Waals surface area contributed by atoms with Crippen molar-refractivity contribution in [2.75, 3.05) is 6.61 Å². The van der Waals surface area contributed by atoms with E-state index in [0.29, 0.717) is 32.8 Å². The molecule has 1 atom stereocenters. The van der Waals surface area contributed by atoms with Crippen LogP contribution < -0.4 is 10.1 Å². The van der Waals surface area contributed by atoms with Gasteiger partial charge in [0, 0.05) is 27.7 Å². The van der Waals surface area contributed by atoms with Crippen LogP contribution in [0, 0.1) is 0 Å². The van der Waals surface area contributed by atoms with Crippen LogP contribution in [-0.4, -0.2) is 35.4 Å². The third-order valence-electron chi connectivity index (χ3n) is 4.35. The number of nitrogens with one attached hydrogen (secondary N) is 1. The van der Waals surface area contributed by atoms with Gasteiger partial charge >= 0.3 is 0 Å². The summed E-state index contributed by atoms with van der Waals surface area (Å²) in [7, 11) is 0. The Morgan fingerprint density at radius 1 is 1.03 bits per heavy atom. The van der Waals surface area contributed by atoms with Crippen LogP contribution in [0.2, 0.25) is 15.1 Å². The Kier molecular flexibility index (Phi) is 9.28. The molecule has 0 saturated carbocycles. The smallest absolute Gasteiger partial charge is 0.261 e. The molecular formula is C22H25Cl3N2O3. The van der Waals surface area contributed by atoms with Crippen molar-refractivity contribution in [1.82, 2.24) is 10.2 Å². The van der Waals surface area contributed by atoms with E-state index in [4.69, 9.17) is 39.5 Å². The van der Waals surface area contributed by atoms with Crippen molar-refractivity contribution in [3.05, 3.63) is 63.1 Å². The Morgan fingerprint density at radius 2 is 1.67 bits per heavy atom. The van der Waals surface area contributed by atoms with Crippen molar-refractivity contribution in [2.24, 2.45) is 0 Å². The van der Waals surface area contributed by atoms with E-state index < -0.39 is 6.04 Å². The van der Waals surface area contributed by atoms with Gasteiger partial charge in [-0.3, -0.25) is 9.59 Å². The highest BCUT2D eigenvalue weighted by Crippen LogP contribution is 2.24. The predicted octanol–water partition coefficient (Wildman–Crippen LogP) is 5.36. The third-order valence-corrected chi connectivity index (χ3v) is 5.19. The molecule has 0 aliphatic rings. The number of nitrogens with zero attached hydrogens (tertiary/aromatic N) is 1. The van der Waals surface area contributed by atoms with Crippen LogP contribution in [0.1, 0.15) is 32.8 Å². The summed E-state index contributed by atoms with van der Waals surface area (Å²) >= 11 is 18.2. The molecular weight excluding hydrogens is 447 g/mol. The Morgan fingerprint density at radius 3 is 2.23 bits per heavy atom. The lowest BCUT2D eigenvalue weighted by Gasteiger charge is -2.31. The number of carbonyl (C=O) groups excluding carboxylic acids is 2. The Balaban J connectivity index is 2.24. The molecule has 0 bridgehead atoms. The van der Waals surface area contributed by atoms with Crippen LogP contribution >= 0.6 is 34.8 Å². The summed E-state index contributed by atoms with van der Waals surface area (Å²) in [5.41, 5.74) is 0.691. The van der Waals surface area contributed by atoms with Gasteiger partial charge in [-0.15, -0.1) is 0 Å². The first-order valence-corrected chi connectivity index (χ1v) is 10.8. The van der Waals surface area contributed by atoms with Crippen molar-refractivity contribution < 1.29 is 14.3 Å². The molecule has 5 nitrogen and oxygen atoms in total. The maximum atomic E-state index is 13.1. The van der Waals surface area contributed by atoms with E-state index in [1.54, 1.807) is 42.5 Å². The van der Waals surface area contributed by atoms with Crippen molar-refractivity contribution in [2.45, 2.75) is 45.8 Å². The average Bonchev–Trinajstić information content (AvgIpc) is 2.68. The number of hydrogen-bond donors (Lipinski definition) is 1. The fourth-order valence-electron chi connectivity index (χ4n) is 2.89. The van der Waals surface area contributed by atoms with Crippen LogP contribution in [0.25, 0.3) is 0 Å². The third kappa shape index (κ3) is 7.08. The second-order valence-electron chi connectivity index (χ2n) is 7.09. The molecule has 2 aromatic carbocycles. The van der Waals surface area contributed by atoms with Crippen LogP contribution in [-0.2, 0) is 16.1 Å². The number of ether oxygens (including phenoxy) is 1. The van der Waals surface area contributed by atoms with Gasteiger partial charge in [-0.25, -0.2) is 0 Å². The lowest BCUT2D eigenvalue weighted by Crippen LogP contribution is -2.51. The van der Waals surface area contributed by atoms with E-state index in [1.807, 2.05) is 20.8 Å². The average molecular weight is 472 g/mol. The van der Waals surface area contributed by atoms with E-state index in [2.05, 4.69) is 5.32 Å². The van der Waals surface area contributed by atoms with Gasteiger partial charge in [-0.05, 0) is 62.2 Å². The molecule has 0 fully saturated rings. The Bertz CT molecular complexity index is 872. The van der Waals surface area contributed by atoms with Crippen molar-refractivity contribution >= 4 is 46.6 Å². The zero-order chi connectivity index (χ0) is 22.3. The molecule has 2 amide bonds. The topological polar surface area (TPSA) is 58.6 Å². The zero-order valence-electron chi connectivity index (χ0n) is 17.1. The van der Waals surface area contributed by atoms with E-state index in [1.165, 1.54) is 4.90 Å². The number of rotatable bonds is 9. The summed E-state index contributed by atoms with van der Waals surface area (Å²) in [5, 5.41) is 4.38. The molecule has 0 aliphatic carbocycles. The number of amides is 2. The quantitative estimate of drug-likeness (QED) is 0.536. The molecule has 0 spiro atoms. The highest BCUT2D eigenvalue weighted by Gasteiger charge is 2.29. The molecule has 0 saturated heterocycles. The summed E-state index contributed by atoms with van der Waals surface area (Å²) < 4.78 is 5.61. The van der Waals surface area contributed by atoms with Crippen LogP contribution in [0.4, 0.5) is 0 Å². The van der Waals surface area contributed by atoms with Crippen LogP contribution in [0.3, 0.4) is 0 Å². The summed E-state index contributed by atoms with van der Waals surface area (Å²) in [4.78, 5) is 27.3. The SMILES string of the molecule is CC[C@H](C(=O)NC(C)C)N(Cc1ccc(Cl)cc1Cl)C(=O)COc1ccc(Cl)cc1. The minimum absolute atomic E-state index is 0.0482. The number of carbonyl (C=O) groups is 2. The summed E-state index contributed by atoms with van der Waals surface area (Å²) in [5.74, 6) is -0.0453. The second kappa shape index (κ2) is 11.4. The predicted molar refractivity (Wildman–Crippen MR) is 121 cm³/mol. The first-order valence-electron chi connectivity index (χ1n) is 9.63. The molecule has 30 heavy (non-hydrogen) atoms. The maximum absolute atomic E-state index is 13.1. The summed E-state index contributed by atoms with van der Waals surface area (Å²) in [6, 6.07) is 11.1. The fraction of sp³-hybridized carbons (Fsp3) is 0.364. The zero-order valence-corrected chi connectivity index (χ0v) is 19.4. The largest absolute Gasteiger partial charge is 0.484 e. The molecule has 0 unspecified atom stereocenters. The van der Waals surface area contributed by atoms with E-state index >= 15 is 0 Å². The lowest BCUT2D eigenvalue weighted by molar-refractivity contribution is -0.143. The van der Waals surface area contributed by atoms with Crippen LogP contribution in [0.5, 0.6) is 5.75 Å². The molecule has 2 aromatic rings. The van der Waals surface area contributed by atoms with Crippen molar-refractivity contribution in [3.63, 3.8) is 0 Å². The molecule has 0 radical (unpaired) electrons. The first-order chi connectivity index (χ1) is 14.2. The first kappa shape index (κ1) is 24.3. The van der Waals surface area contributed by atoms with Gasteiger partial charge in [0.2, 0.25) is 5.91 Å². The number of hydrogen-bond acceptors (Lipinski definition) is 3. The lowest BCUT2D eigenvalue weighted by atomic mass is 10.1. The summed E-state index contributed by atoms with van der Waals surface area (Å²) in [6.45, 7) is 5.53. The molecule has 162 valence electrons. The van der Waals surface area contributed by atoms with Gasteiger partial charge in [0.25, 0.3) is 5.91 Å². The monoisotopic (exact) mass is 470 g/mol. The molecule has 2 rings (SSSR count). The van der Waals surface area contributed by atoms with E-state index in [9.17, 15) is 9.59 Å². The highest BCUT2D eigenvalue weighted by atomic mass is 35.5. The molecule has 0 aromatic heterocycles. The van der Waals surface area contributed by atoms with Crippen LogP contribution in [0.15, 0.2) is 42.5 Å². The van der Waals surface area contributed by atoms with E-state index in [-0.39, 0.29) is 31.0 Å². The van der Waals surface area contributed by atoms with Gasteiger partial charge in [0.05, 0.1) is 0 Å². The second-order valence-corrected chi connectivity index (χ2v) is 8.37.